The highest BCUT2D eigenvalue weighted by molar-refractivity contribution is 7.94. The van der Waals surface area contributed by atoms with Crippen LogP contribution < -0.4 is 4.31 Å². The molecule has 0 bridgehead atoms. The van der Waals surface area contributed by atoms with Crippen LogP contribution in [0.3, 0.4) is 0 Å². The quantitative estimate of drug-likeness (QED) is 0.359. The van der Waals surface area contributed by atoms with Crippen LogP contribution in [0.4, 0.5) is 5.69 Å². The molecule has 1 atom stereocenters. The molecule has 3 aromatic heterocycles. The summed E-state index contributed by atoms with van der Waals surface area (Å²) in [6.07, 6.45) is 1.93. The van der Waals surface area contributed by atoms with Gasteiger partial charge in [-0.25, -0.2) is 4.98 Å². The highest BCUT2D eigenvalue weighted by atomic mass is 35.5. The largest absolute Gasteiger partial charge is 0.587 e. The van der Waals surface area contributed by atoms with Crippen LogP contribution in [0.25, 0.3) is 21.6 Å². The summed E-state index contributed by atoms with van der Waals surface area (Å²) in [6, 6.07) is 9.62. The van der Waals surface area contributed by atoms with Crippen molar-refractivity contribution in [2.75, 3.05) is 37.5 Å². The van der Waals surface area contributed by atoms with E-state index in [-0.39, 0.29) is 5.91 Å². The Morgan fingerprint density at radius 2 is 2.09 bits per heavy atom. The first-order chi connectivity index (χ1) is 16.4. The minimum atomic E-state index is -1.35. The first kappa shape index (κ1) is 23.7. The Morgan fingerprint density at radius 1 is 1.29 bits per heavy atom. The van der Waals surface area contributed by atoms with Crippen molar-refractivity contribution in [2.45, 2.75) is 17.7 Å². The zero-order chi connectivity index (χ0) is 23.8. The van der Waals surface area contributed by atoms with Gasteiger partial charge >= 0.3 is 0 Å². The maximum Gasteiger partial charge on any atom is 0.233 e. The van der Waals surface area contributed by atoms with E-state index in [2.05, 4.69) is 20.9 Å². The fourth-order valence-corrected chi connectivity index (χ4v) is 7.47. The molecule has 1 aromatic carbocycles. The summed E-state index contributed by atoms with van der Waals surface area (Å²) >= 11 is 8.33. The average molecular weight is 534 g/mol. The third-order valence-corrected chi connectivity index (χ3v) is 9.79. The number of fused-ring (bicyclic) bond motifs is 1. The molecule has 1 unspecified atom stereocenters. The van der Waals surface area contributed by atoms with E-state index in [0.717, 1.165) is 58.5 Å². The van der Waals surface area contributed by atoms with Crippen LogP contribution in [0.15, 0.2) is 46.1 Å². The number of carbonyl (C=O) groups is 1. The third-order valence-electron chi connectivity index (χ3n) is 5.93. The molecule has 1 aliphatic heterocycles. The van der Waals surface area contributed by atoms with Crippen LogP contribution in [0.2, 0.25) is 5.02 Å². The van der Waals surface area contributed by atoms with Crippen molar-refractivity contribution in [1.29, 1.82) is 0 Å². The van der Waals surface area contributed by atoms with Crippen LogP contribution in [0, 0.1) is 0 Å². The second-order valence-electron chi connectivity index (χ2n) is 8.14. The monoisotopic (exact) mass is 533 g/mol. The van der Waals surface area contributed by atoms with Crippen molar-refractivity contribution in [3.05, 3.63) is 51.8 Å². The van der Waals surface area contributed by atoms with Crippen molar-refractivity contribution in [1.82, 2.24) is 19.8 Å². The standard InChI is InChI=1S/C23H24ClN5O2S3/c1-15(30)29-9-7-28(8-10-29)14-17-13-25-23(33-17)19-12-16-5-6-18(24)22(21(16)26-19)27(2)34(31)20-4-3-11-32-20/h3-6,11-13,26H,7-10,14H2,1-2H3. The number of hydrogen-bond acceptors (Lipinski definition) is 7. The van der Waals surface area contributed by atoms with Gasteiger partial charge in [0.25, 0.3) is 0 Å². The van der Waals surface area contributed by atoms with E-state index in [0.29, 0.717) is 10.7 Å². The van der Waals surface area contributed by atoms with Gasteiger partial charge in [-0.1, -0.05) is 29.0 Å². The molecule has 4 heterocycles. The van der Waals surface area contributed by atoms with Gasteiger partial charge in [0.15, 0.2) is 0 Å². The average Bonchev–Trinajstić information content (AvgIpc) is 3.59. The number of thiophene rings is 1. The van der Waals surface area contributed by atoms with E-state index < -0.39 is 11.4 Å². The molecule has 0 spiro atoms. The number of benzene rings is 1. The summed E-state index contributed by atoms with van der Waals surface area (Å²) in [5, 5.41) is 4.34. The summed E-state index contributed by atoms with van der Waals surface area (Å²) in [5.41, 5.74) is 2.45. The third kappa shape index (κ3) is 4.71. The van der Waals surface area contributed by atoms with E-state index in [1.165, 1.54) is 16.2 Å². The lowest BCUT2D eigenvalue weighted by Gasteiger charge is -2.33. The number of thiazole rings is 1. The molecule has 178 valence electrons. The van der Waals surface area contributed by atoms with Crippen molar-refractivity contribution in [2.24, 2.45) is 0 Å². The zero-order valence-electron chi connectivity index (χ0n) is 18.8. The molecule has 0 aliphatic carbocycles. The number of rotatable bonds is 6. The molecule has 1 fully saturated rings. The number of H-pyrrole nitrogens is 1. The van der Waals surface area contributed by atoms with Gasteiger partial charge < -0.3 is 14.4 Å². The summed E-state index contributed by atoms with van der Waals surface area (Å²) < 4.78 is 15.6. The Hall–Kier alpha value is -2.08. The molecule has 11 heteroatoms. The minimum Gasteiger partial charge on any atom is -0.587 e. The lowest BCUT2D eigenvalue weighted by Crippen LogP contribution is -2.47. The van der Waals surface area contributed by atoms with E-state index in [9.17, 15) is 9.35 Å². The van der Waals surface area contributed by atoms with Crippen molar-refractivity contribution >= 4 is 68.1 Å². The van der Waals surface area contributed by atoms with Crippen LogP contribution in [-0.2, 0) is 22.7 Å². The second-order valence-corrected chi connectivity index (χ2v) is 12.4. The Kier molecular flexibility index (Phi) is 6.88. The van der Waals surface area contributed by atoms with Gasteiger partial charge in [0, 0.05) is 62.2 Å². The van der Waals surface area contributed by atoms with E-state index in [1.807, 2.05) is 40.7 Å². The number of nitrogens with zero attached hydrogens (tertiary/aromatic N) is 4. The summed E-state index contributed by atoms with van der Waals surface area (Å²) in [6.45, 7) is 5.73. The molecule has 5 rings (SSSR count). The molecule has 0 radical (unpaired) electrons. The topological polar surface area (TPSA) is 78.5 Å². The predicted octanol–water partition coefficient (Wildman–Crippen LogP) is 4.83. The van der Waals surface area contributed by atoms with Crippen LogP contribution >= 0.6 is 34.3 Å². The Labute approximate surface area is 214 Å². The Morgan fingerprint density at radius 3 is 2.79 bits per heavy atom. The van der Waals surface area contributed by atoms with Gasteiger partial charge in [-0.15, -0.1) is 11.3 Å². The highest BCUT2D eigenvalue weighted by Crippen LogP contribution is 2.39. The fraction of sp³-hybridized carbons (Fsp3) is 0.304. The van der Waals surface area contributed by atoms with Crippen LogP contribution in [0.5, 0.6) is 0 Å². The molecule has 1 saturated heterocycles. The number of carbonyl (C=O) groups excluding carboxylic acids is 1. The molecule has 1 amide bonds. The first-order valence-corrected chi connectivity index (χ1v) is 14.0. The molecule has 4 aromatic rings. The number of piperazine rings is 1. The molecule has 7 nitrogen and oxygen atoms in total. The predicted molar refractivity (Wildman–Crippen MR) is 141 cm³/mol. The summed E-state index contributed by atoms with van der Waals surface area (Å²) in [4.78, 5) is 25.1. The van der Waals surface area contributed by atoms with Crippen molar-refractivity contribution in [3.63, 3.8) is 0 Å². The van der Waals surface area contributed by atoms with Gasteiger partial charge in [0.05, 0.1) is 23.3 Å². The number of amides is 1. The fourth-order valence-electron chi connectivity index (χ4n) is 4.11. The Balaban J connectivity index is 1.37. The lowest BCUT2D eigenvalue weighted by atomic mass is 10.2. The molecular weight excluding hydrogens is 510 g/mol. The van der Waals surface area contributed by atoms with Crippen molar-refractivity contribution in [3.8, 4) is 10.7 Å². The minimum absolute atomic E-state index is 0.142. The molecule has 0 saturated carbocycles. The highest BCUT2D eigenvalue weighted by Gasteiger charge is 2.26. The number of halogens is 1. The van der Waals surface area contributed by atoms with Crippen LogP contribution in [-0.4, -0.2) is 63.5 Å². The molecule has 1 aliphatic rings. The van der Waals surface area contributed by atoms with Gasteiger partial charge in [-0.3, -0.25) is 9.69 Å². The Bertz CT molecular complexity index is 1300. The van der Waals surface area contributed by atoms with E-state index in [4.69, 9.17) is 11.6 Å². The smallest absolute Gasteiger partial charge is 0.233 e. The van der Waals surface area contributed by atoms with Gasteiger partial charge in [-0.05, 0) is 23.6 Å². The molecule has 34 heavy (non-hydrogen) atoms. The van der Waals surface area contributed by atoms with Crippen LogP contribution in [0.1, 0.15) is 11.8 Å². The van der Waals surface area contributed by atoms with Gasteiger partial charge in [0.1, 0.15) is 22.1 Å². The van der Waals surface area contributed by atoms with Gasteiger partial charge in [0.2, 0.25) is 10.1 Å². The number of aromatic nitrogens is 2. The van der Waals surface area contributed by atoms with E-state index >= 15 is 0 Å². The number of aromatic amines is 1. The number of hydrogen-bond donors (Lipinski definition) is 1. The molecular formula is C23H24ClN5O2S3. The van der Waals surface area contributed by atoms with E-state index in [1.54, 1.807) is 29.6 Å². The summed E-state index contributed by atoms with van der Waals surface area (Å²) in [7, 11) is 1.80. The van der Waals surface area contributed by atoms with Gasteiger partial charge in [-0.2, -0.15) is 4.31 Å². The SMILES string of the molecule is CC(=O)N1CCN(Cc2cnc(-c3cc4ccc(Cl)c(N(C)[S+]([O-])c5cccs5)c4[nH]3)s2)CC1. The number of anilines is 1. The summed E-state index contributed by atoms with van der Waals surface area (Å²) in [5.74, 6) is 0.142. The normalized spacial score (nSPS) is 15.7. The maximum atomic E-state index is 13.1. The molecule has 1 N–H and O–H groups in total. The second kappa shape index (κ2) is 9.88. The number of nitrogens with one attached hydrogen (secondary N) is 1. The maximum absolute atomic E-state index is 13.1. The zero-order valence-corrected chi connectivity index (χ0v) is 22.0. The van der Waals surface area contributed by atoms with Crippen molar-refractivity contribution < 1.29 is 9.35 Å². The first-order valence-electron chi connectivity index (χ1n) is 10.8. The lowest BCUT2D eigenvalue weighted by molar-refractivity contribution is -0.130.